The van der Waals surface area contributed by atoms with Gasteiger partial charge in [0.05, 0.1) is 45.9 Å². The Morgan fingerprint density at radius 1 is 1.12 bits per heavy atom. The molecule has 1 unspecified atom stereocenters. The Bertz CT molecular complexity index is 1770. The third kappa shape index (κ3) is 5.23. The molecular formula is C27H20ClF2N9O. The van der Waals surface area contributed by atoms with Crippen LogP contribution >= 0.6 is 11.6 Å². The minimum atomic E-state index is -1.24. The normalized spacial score (nSPS) is 11.6. The van der Waals surface area contributed by atoms with Gasteiger partial charge in [0, 0.05) is 43.0 Å². The lowest BCUT2D eigenvalue weighted by Gasteiger charge is -2.22. The first kappa shape index (κ1) is 26.5. The summed E-state index contributed by atoms with van der Waals surface area (Å²) >= 11 is 6.62. The Balaban J connectivity index is 1.60. The van der Waals surface area contributed by atoms with Gasteiger partial charge in [0.1, 0.15) is 11.8 Å². The molecule has 0 aliphatic carbocycles. The third-order valence-corrected chi connectivity index (χ3v) is 6.50. The van der Waals surface area contributed by atoms with Gasteiger partial charge in [-0.05, 0) is 29.8 Å². The maximum Gasteiger partial charge on any atom is 0.249 e. The number of carbonyl (C=O) groups excluding carboxylic acids is 1. The molecule has 5 rings (SSSR count). The number of fused-ring (bicyclic) bond motifs is 1. The number of amides is 1. The molecule has 0 aliphatic rings. The molecule has 1 atom stereocenters. The fourth-order valence-electron chi connectivity index (χ4n) is 4.14. The van der Waals surface area contributed by atoms with Crippen LogP contribution in [-0.2, 0) is 4.79 Å². The molecule has 2 aromatic carbocycles. The minimum Gasteiger partial charge on any atom is -0.373 e. The van der Waals surface area contributed by atoms with Crippen LogP contribution < -0.4 is 15.5 Å². The van der Waals surface area contributed by atoms with Crippen LogP contribution in [0.2, 0.25) is 5.02 Å². The molecule has 0 aliphatic heterocycles. The summed E-state index contributed by atoms with van der Waals surface area (Å²) in [6.07, 6.45) is 4.02. The number of hydrogen-bond acceptors (Lipinski definition) is 8. The number of H-pyrrole nitrogens is 1. The zero-order valence-corrected chi connectivity index (χ0v) is 21.8. The number of hydrogen-bond donors (Lipinski definition) is 3. The van der Waals surface area contributed by atoms with E-state index in [9.17, 15) is 18.8 Å². The Hall–Kier alpha value is -5.15. The summed E-state index contributed by atoms with van der Waals surface area (Å²) in [4.78, 5) is 21.2. The highest BCUT2D eigenvalue weighted by molar-refractivity contribution is 6.36. The molecule has 10 nitrogen and oxygen atoms in total. The fourth-order valence-corrected chi connectivity index (χ4v) is 4.40. The molecule has 40 heavy (non-hydrogen) atoms. The number of benzene rings is 2. The summed E-state index contributed by atoms with van der Waals surface area (Å²) < 4.78 is 27.2. The average Bonchev–Trinajstić information content (AvgIpc) is 3.48. The van der Waals surface area contributed by atoms with Gasteiger partial charge in [0.25, 0.3) is 0 Å². The highest BCUT2D eigenvalue weighted by Crippen LogP contribution is 2.37. The van der Waals surface area contributed by atoms with Gasteiger partial charge in [-0.15, -0.1) is 0 Å². The number of aromatic nitrogens is 5. The van der Waals surface area contributed by atoms with Gasteiger partial charge in [-0.1, -0.05) is 23.7 Å². The zero-order valence-electron chi connectivity index (χ0n) is 21.1. The number of rotatable bonds is 7. The van der Waals surface area contributed by atoms with E-state index in [1.165, 1.54) is 18.0 Å². The predicted octanol–water partition coefficient (Wildman–Crippen LogP) is 5.48. The number of nitrogens with one attached hydrogen (secondary N) is 3. The van der Waals surface area contributed by atoms with Crippen LogP contribution in [0, 0.1) is 23.1 Å². The smallest absolute Gasteiger partial charge is 0.249 e. The molecule has 0 bridgehead atoms. The lowest BCUT2D eigenvalue weighted by Crippen LogP contribution is -2.23. The molecule has 0 spiro atoms. The van der Waals surface area contributed by atoms with Crippen molar-refractivity contribution in [2.45, 2.75) is 13.0 Å². The van der Waals surface area contributed by atoms with Gasteiger partial charge in [-0.3, -0.25) is 9.78 Å². The van der Waals surface area contributed by atoms with E-state index in [0.29, 0.717) is 28.0 Å². The van der Waals surface area contributed by atoms with E-state index < -0.39 is 17.8 Å². The van der Waals surface area contributed by atoms with E-state index in [1.807, 2.05) is 24.3 Å². The SMILES string of the molecule is CC(=O)N(C)c1cccc(C(Nc2cc(Cl)c3ncc(C#N)c(Nc4cnc(F)c(F)c4)c3c2)c2cn[nH]n2)c1. The highest BCUT2D eigenvalue weighted by Gasteiger charge is 2.21. The molecule has 0 saturated carbocycles. The van der Waals surface area contributed by atoms with Crippen molar-refractivity contribution < 1.29 is 13.6 Å². The van der Waals surface area contributed by atoms with Crippen molar-refractivity contribution in [2.75, 3.05) is 22.6 Å². The van der Waals surface area contributed by atoms with E-state index in [0.717, 1.165) is 17.8 Å². The lowest BCUT2D eigenvalue weighted by atomic mass is 10.0. The molecular weight excluding hydrogens is 540 g/mol. The monoisotopic (exact) mass is 559 g/mol. The highest BCUT2D eigenvalue weighted by atomic mass is 35.5. The fraction of sp³-hybridized carbons (Fsp3) is 0.111. The van der Waals surface area contributed by atoms with Gasteiger partial charge in [-0.2, -0.15) is 25.1 Å². The summed E-state index contributed by atoms with van der Waals surface area (Å²) in [6.45, 7) is 1.47. The quantitative estimate of drug-likeness (QED) is 0.223. The first-order valence-electron chi connectivity index (χ1n) is 11.8. The first-order chi connectivity index (χ1) is 19.2. The van der Waals surface area contributed by atoms with Crippen molar-refractivity contribution in [1.82, 2.24) is 25.4 Å². The molecule has 3 heterocycles. The van der Waals surface area contributed by atoms with E-state index in [2.05, 4.69) is 42.1 Å². The van der Waals surface area contributed by atoms with Gasteiger partial charge in [-0.25, -0.2) is 9.37 Å². The molecule has 0 saturated heterocycles. The van der Waals surface area contributed by atoms with E-state index >= 15 is 0 Å². The van der Waals surface area contributed by atoms with Crippen LogP contribution in [-0.4, -0.2) is 38.3 Å². The predicted molar refractivity (Wildman–Crippen MR) is 146 cm³/mol. The topological polar surface area (TPSA) is 136 Å². The minimum absolute atomic E-state index is 0.124. The number of nitriles is 1. The molecule has 5 aromatic rings. The van der Waals surface area contributed by atoms with Crippen LogP contribution in [0.15, 0.2) is 61.1 Å². The molecule has 0 fully saturated rings. The lowest BCUT2D eigenvalue weighted by molar-refractivity contribution is -0.116. The van der Waals surface area contributed by atoms with Crippen molar-refractivity contribution in [3.05, 3.63) is 94.7 Å². The Kier molecular flexibility index (Phi) is 7.22. The standard InChI is InChI=1S/C27H20ClF2N9O/c1-14(40)39(2)19-5-3-4-15(6-19)25(23-13-34-38-37-23)35-17-7-20-24(36-18-9-22(29)27(30)33-12-18)16(10-31)11-32-26(20)21(28)8-17/h3-9,11-13,25,35H,1-2H3,(H,32,36)(H,34,37,38). The average molecular weight is 560 g/mol. The second-order valence-electron chi connectivity index (χ2n) is 8.78. The van der Waals surface area contributed by atoms with E-state index in [4.69, 9.17) is 11.6 Å². The number of halogens is 3. The van der Waals surface area contributed by atoms with Crippen molar-refractivity contribution >= 4 is 51.2 Å². The maximum absolute atomic E-state index is 13.8. The Morgan fingerprint density at radius 3 is 2.65 bits per heavy atom. The summed E-state index contributed by atoms with van der Waals surface area (Å²) in [7, 11) is 1.68. The summed E-state index contributed by atoms with van der Waals surface area (Å²) in [5.74, 6) is -2.51. The van der Waals surface area contributed by atoms with Gasteiger partial charge in [0.2, 0.25) is 11.9 Å². The van der Waals surface area contributed by atoms with Crippen LogP contribution in [0.4, 0.5) is 31.5 Å². The van der Waals surface area contributed by atoms with Gasteiger partial charge in [0.15, 0.2) is 5.82 Å². The summed E-state index contributed by atoms with van der Waals surface area (Å²) in [5, 5.41) is 27.6. The number of anilines is 4. The summed E-state index contributed by atoms with van der Waals surface area (Å²) in [6, 6.07) is 13.2. The summed E-state index contributed by atoms with van der Waals surface area (Å²) in [5.41, 5.74) is 3.52. The largest absolute Gasteiger partial charge is 0.373 e. The van der Waals surface area contributed by atoms with Crippen molar-refractivity contribution in [2.24, 2.45) is 0 Å². The molecule has 3 aromatic heterocycles. The Labute approximate surface area is 231 Å². The van der Waals surface area contributed by atoms with Crippen molar-refractivity contribution in [1.29, 1.82) is 5.26 Å². The number of aromatic amines is 1. The zero-order chi connectivity index (χ0) is 28.4. The van der Waals surface area contributed by atoms with Crippen LogP contribution in [0.1, 0.15) is 29.8 Å². The molecule has 1 amide bonds. The number of carbonyl (C=O) groups is 1. The van der Waals surface area contributed by atoms with Crippen LogP contribution in [0.5, 0.6) is 0 Å². The molecule has 200 valence electrons. The third-order valence-electron chi connectivity index (χ3n) is 6.21. The molecule has 13 heteroatoms. The van der Waals surface area contributed by atoms with E-state index in [1.54, 1.807) is 25.4 Å². The van der Waals surface area contributed by atoms with Crippen molar-refractivity contribution in [3.8, 4) is 6.07 Å². The second kappa shape index (κ2) is 10.9. The maximum atomic E-state index is 13.8. The first-order valence-corrected chi connectivity index (χ1v) is 12.2. The van der Waals surface area contributed by atoms with Crippen LogP contribution in [0.3, 0.4) is 0 Å². The van der Waals surface area contributed by atoms with Gasteiger partial charge >= 0.3 is 0 Å². The second-order valence-corrected chi connectivity index (χ2v) is 9.19. The number of pyridine rings is 2. The van der Waals surface area contributed by atoms with Crippen molar-refractivity contribution in [3.63, 3.8) is 0 Å². The molecule has 0 radical (unpaired) electrons. The number of nitrogens with zero attached hydrogens (tertiary/aromatic N) is 6. The van der Waals surface area contributed by atoms with E-state index in [-0.39, 0.29) is 27.9 Å². The van der Waals surface area contributed by atoms with Crippen LogP contribution in [0.25, 0.3) is 10.9 Å². The Morgan fingerprint density at radius 2 is 1.95 bits per heavy atom. The molecule has 3 N–H and O–H groups in total. The van der Waals surface area contributed by atoms with Gasteiger partial charge < -0.3 is 15.5 Å².